The molecule has 0 atom stereocenters. The van der Waals surface area contributed by atoms with E-state index in [1.807, 2.05) is 0 Å². The lowest BCUT2D eigenvalue weighted by Gasteiger charge is -2.35. The van der Waals surface area contributed by atoms with Crippen molar-refractivity contribution in [3.8, 4) is 0 Å². The molecular formula is C17H22N2O5. The average molecular weight is 334 g/mol. The molecule has 0 unspecified atom stereocenters. The van der Waals surface area contributed by atoms with Crippen LogP contribution in [0.4, 0.5) is 11.4 Å². The quantitative estimate of drug-likeness (QED) is 0.609. The molecule has 0 bridgehead atoms. The molecule has 0 aliphatic heterocycles. The Labute approximate surface area is 140 Å². The van der Waals surface area contributed by atoms with Crippen LogP contribution in [0, 0.1) is 22.5 Å². The molecule has 1 saturated carbocycles. The van der Waals surface area contributed by atoms with E-state index >= 15 is 0 Å². The van der Waals surface area contributed by atoms with Gasteiger partial charge in [0.15, 0.2) is 0 Å². The van der Waals surface area contributed by atoms with Crippen LogP contribution >= 0.6 is 0 Å². The molecule has 130 valence electrons. The van der Waals surface area contributed by atoms with Gasteiger partial charge in [-0.1, -0.05) is 19.3 Å². The van der Waals surface area contributed by atoms with Gasteiger partial charge in [-0.3, -0.25) is 19.7 Å². The van der Waals surface area contributed by atoms with E-state index < -0.39 is 16.3 Å². The third-order valence-corrected chi connectivity index (χ3v) is 4.67. The summed E-state index contributed by atoms with van der Waals surface area (Å²) in [6, 6.07) is 4.26. The number of hydrogen-bond acceptors (Lipinski definition) is 4. The fourth-order valence-electron chi connectivity index (χ4n) is 3.48. The fourth-order valence-corrected chi connectivity index (χ4v) is 3.48. The Bertz CT molecular complexity index is 650. The number of benzene rings is 1. The molecule has 0 saturated heterocycles. The van der Waals surface area contributed by atoms with Gasteiger partial charge in [0, 0.05) is 24.2 Å². The van der Waals surface area contributed by atoms with Gasteiger partial charge in [-0.05, 0) is 36.8 Å². The van der Waals surface area contributed by atoms with Crippen molar-refractivity contribution < 1.29 is 19.6 Å². The molecule has 2 N–H and O–H groups in total. The summed E-state index contributed by atoms with van der Waals surface area (Å²) in [6.45, 7) is 1.69. The molecule has 0 heterocycles. The van der Waals surface area contributed by atoms with Crippen LogP contribution in [0.15, 0.2) is 18.2 Å². The second-order valence-electron chi connectivity index (χ2n) is 6.61. The predicted molar refractivity (Wildman–Crippen MR) is 88.9 cm³/mol. The molecule has 24 heavy (non-hydrogen) atoms. The number of hydrogen-bond donors (Lipinski definition) is 2. The first-order valence-corrected chi connectivity index (χ1v) is 8.08. The van der Waals surface area contributed by atoms with E-state index in [2.05, 4.69) is 5.32 Å². The van der Waals surface area contributed by atoms with Crippen LogP contribution < -0.4 is 5.32 Å². The van der Waals surface area contributed by atoms with Crippen molar-refractivity contribution in [1.29, 1.82) is 0 Å². The number of amides is 1. The van der Waals surface area contributed by atoms with Gasteiger partial charge in [-0.2, -0.15) is 0 Å². The lowest BCUT2D eigenvalue weighted by Crippen LogP contribution is -2.32. The van der Waals surface area contributed by atoms with Gasteiger partial charge in [0.05, 0.1) is 11.3 Å². The second-order valence-corrected chi connectivity index (χ2v) is 6.61. The molecular weight excluding hydrogens is 312 g/mol. The number of nitro groups is 1. The Kier molecular flexibility index (Phi) is 5.54. The van der Waals surface area contributed by atoms with Gasteiger partial charge >= 0.3 is 5.97 Å². The van der Waals surface area contributed by atoms with Crippen LogP contribution in [-0.2, 0) is 9.59 Å². The number of carboxylic acid groups (broad SMARTS) is 1. The first-order valence-electron chi connectivity index (χ1n) is 8.08. The number of aliphatic carboxylic acids is 1. The van der Waals surface area contributed by atoms with Crippen molar-refractivity contribution in [3.63, 3.8) is 0 Å². The minimum atomic E-state index is -0.879. The molecule has 1 fully saturated rings. The van der Waals surface area contributed by atoms with Crippen LogP contribution in [0.1, 0.15) is 50.5 Å². The summed E-state index contributed by atoms with van der Waals surface area (Å²) in [6.07, 6.45) is 4.60. The minimum Gasteiger partial charge on any atom is -0.481 e. The van der Waals surface area contributed by atoms with E-state index in [0.29, 0.717) is 11.3 Å². The zero-order valence-electron chi connectivity index (χ0n) is 13.7. The van der Waals surface area contributed by atoms with Crippen LogP contribution in [0.2, 0.25) is 0 Å². The minimum absolute atomic E-state index is 0.000334. The van der Waals surface area contributed by atoms with Gasteiger partial charge in [0.25, 0.3) is 5.69 Å². The van der Waals surface area contributed by atoms with Crippen molar-refractivity contribution in [2.45, 2.75) is 51.9 Å². The second kappa shape index (κ2) is 7.42. The number of non-ortho nitro benzene ring substituents is 1. The fraction of sp³-hybridized carbons (Fsp3) is 0.529. The Balaban J connectivity index is 2.08. The van der Waals surface area contributed by atoms with Crippen molar-refractivity contribution in [1.82, 2.24) is 0 Å². The number of nitro benzene ring substituents is 1. The molecule has 0 aromatic heterocycles. The highest BCUT2D eigenvalue weighted by Gasteiger charge is 2.36. The van der Waals surface area contributed by atoms with Crippen LogP contribution in [0.5, 0.6) is 0 Å². The van der Waals surface area contributed by atoms with Crippen molar-refractivity contribution in [2.75, 3.05) is 5.32 Å². The highest BCUT2D eigenvalue weighted by atomic mass is 16.6. The molecule has 1 aromatic rings. The number of carbonyl (C=O) groups excluding carboxylic acids is 1. The zero-order chi connectivity index (χ0) is 17.7. The number of rotatable bonds is 6. The molecule has 7 nitrogen and oxygen atoms in total. The largest absolute Gasteiger partial charge is 0.481 e. The number of aryl methyl sites for hydroxylation is 1. The highest BCUT2D eigenvalue weighted by molar-refractivity contribution is 5.92. The van der Waals surface area contributed by atoms with E-state index in [1.54, 1.807) is 6.92 Å². The normalized spacial score (nSPS) is 16.4. The zero-order valence-corrected chi connectivity index (χ0v) is 13.7. The monoisotopic (exact) mass is 334 g/mol. The maximum Gasteiger partial charge on any atom is 0.303 e. The van der Waals surface area contributed by atoms with Crippen LogP contribution in [-0.4, -0.2) is 21.9 Å². The first-order chi connectivity index (χ1) is 11.3. The van der Waals surface area contributed by atoms with Gasteiger partial charge in [0.2, 0.25) is 5.91 Å². The summed E-state index contributed by atoms with van der Waals surface area (Å²) in [5, 5.41) is 22.7. The Morgan fingerprint density at radius 1 is 1.25 bits per heavy atom. The van der Waals surface area contributed by atoms with Gasteiger partial charge in [-0.15, -0.1) is 0 Å². The van der Waals surface area contributed by atoms with Crippen molar-refractivity contribution in [2.24, 2.45) is 5.41 Å². The molecule has 1 amide bonds. The molecule has 0 radical (unpaired) electrons. The average Bonchev–Trinajstić information content (AvgIpc) is 2.49. The lowest BCUT2D eigenvalue weighted by molar-refractivity contribution is -0.384. The van der Waals surface area contributed by atoms with Crippen molar-refractivity contribution >= 4 is 23.3 Å². The van der Waals surface area contributed by atoms with E-state index in [9.17, 15) is 19.7 Å². The van der Waals surface area contributed by atoms with E-state index in [1.165, 1.54) is 18.2 Å². The number of carboxylic acids is 1. The van der Waals surface area contributed by atoms with E-state index in [0.717, 1.165) is 32.1 Å². The van der Waals surface area contributed by atoms with Gasteiger partial charge < -0.3 is 10.4 Å². The molecule has 0 spiro atoms. The summed E-state index contributed by atoms with van der Waals surface area (Å²) < 4.78 is 0. The maximum absolute atomic E-state index is 12.4. The summed E-state index contributed by atoms with van der Waals surface area (Å²) in [7, 11) is 0. The number of carbonyl (C=O) groups is 2. The summed E-state index contributed by atoms with van der Waals surface area (Å²) in [5.74, 6) is -1.12. The third kappa shape index (κ3) is 4.53. The SMILES string of the molecule is Cc1cc([N+](=O)[O-])ccc1NC(=O)CC1(CC(=O)O)CCCCC1. The summed E-state index contributed by atoms with van der Waals surface area (Å²) in [5.41, 5.74) is 0.614. The van der Waals surface area contributed by atoms with Gasteiger partial charge in [0.1, 0.15) is 0 Å². The Hall–Kier alpha value is -2.44. The third-order valence-electron chi connectivity index (χ3n) is 4.67. The summed E-state index contributed by atoms with van der Waals surface area (Å²) in [4.78, 5) is 33.8. The molecule has 1 aliphatic rings. The predicted octanol–water partition coefficient (Wildman–Crippen LogP) is 3.66. The molecule has 1 aromatic carbocycles. The standard InChI is InChI=1S/C17H22N2O5/c1-12-9-13(19(23)24)5-6-14(12)18-15(20)10-17(11-16(21)22)7-3-2-4-8-17/h5-6,9H,2-4,7-8,10-11H2,1H3,(H,18,20)(H,21,22). The Morgan fingerprint density at radius 3 is 2.46 bits per heavy atom. The number of nitrogens with one attached hydrogen (secondary N) is 1. The van der Waals surface area contributed by atoms with Gasteiger partial charge in [-0.25, -0.2) is 0 Å². The smallest absolute Gasteiger partial charge is 0.303 e. The molecule has 2 rings (SSSR count). The highest BCUT2D eigenvalue weighted by Crippen LogP contribution is 2.42. The first kappa shape index (κ1) is 17.9. The van der Waals surface area contributed by atoms with Crippen LogP contribution in [0.25, 0.3) is 0 Å². The number of anilines is 1. The number of nitrogens with zero attached hydrogens (tertiary/aromatic N) is 1. The molecule has 7 heteroatoms. The topological polar surface area (TPSA) is 110 Å². The van der Waals surface area contributed by atoms with E-state index in [-0.39, 0.29) is 24.4 Å². The molecule has 1 aliphatic carbocycles. The van der Waals surface area contributed by atoms with Crippen LogP contribution in [0.3, 0.4) is 0 Å². The Morgan fingerprint density at radius 2 is 1.92 bits per heavy atom. The lowest BCUT2D eigenvalue weighted by atomic mass is 9.69. The van der Waals surface area contributed by atoms with Crippen molar-refractivity contribution in [3.05, 3.63) is 33.9 Å². The maximum atomic E-state index is 12.4. The van der Waals surface area contributed by atoms with E-state index in [4.69, 9.17) is 5.11 Å². The summed E-state index contributed by atoms with van der Waals surface area (Å²) >= 11 is 0.